The van der Waals surface area contributed by atoms with E-state index >= 15 is 0 Å². The minimum atomic E-state index is -1.05. The fourth-order valence-corrected chi connectivity index (χ4v) is 2.06. The molecule has 0 amide bonds. The second kappa shape index (κ2) is 3.63. The summed E-state index contributed by atoms with van der Waals surface area (Å²) in [7, 11) is 0. The lowest BCUT2D eigenvalue weighted by Crippen LogP contribution is -2.33. The van der Waals surface area contributed by atoms with Crippen LogP contribution in [0.5, 0.6) is 0 Å². The number of carbonyl (C=O) groups excluding carboxylic acids is 1. The predicted molar refractivity (Wildman–Crippen MR) is 55.6 cm³/mol. The third-order valence-electron chi connectivity index (χ3n) is 3.01. The van der Waals surface area contributed by atoms with Gasteiger partial charge in [-0.2, -0.15) is 0 Å². The Labute approximate surface area is 92.8 Å². The lowest BCUT2D eigenvalue weighted by Gasteiger charge is -2.27. The van der Waals surface area contributed by atoms with E-state index in [0.29, 0.717) is 5.56 Å². The molecule has 1 fully saturated rings. The fraction of sp³-hybridized carbons (Fsp3) is 0.333. The van der Waals surface area contributed by atoms with Crippen LogP contribution in [0.1, 0.15) is 18.9 Å². The van der Waals surface area contributed by atoms with Gasteiger partial charge in [-0.05, 0) is 12.5 Å². The molecule has 2 unspecified atom stereocenters. The van der Waals surface area contributed by atoms with Crippen molar-refractivity contribution in [3.05, 3.63) is 35.9 Å². The van der Waals surface area contributed by atoms with Crippen molar-refractivity contribution in [2.45, 2.75) is 18.9 Å². The first-order chi connectivity index (χ1) is 7.54. The zero-order valence-electron chi connectivity index (χ0n) is 8.84. The summed E-state index contributed by atoms with van der Waals surface area (Å²) in [6.07, 6.45) is -0.0687. The van der Waals surface area contributed by atoms with Gasteiger partial charge in [0.25, 0.3) is 0 Å². The maximum Gasteiger partial charge on any atom is 0.311 e. The number of rotatable bonds is 2. The summed E-state index contributed by atoms with van der Waals surface area (Å²) in [6.45, 7) is 1.64. The van der Waals surface area contributed by atoms with E-state index in [2.05, 4.69) is 0 Å². The summed E-state index contributed by atoms with van der Waals surface area (Å²) in [6, 6.07) is 8.97. The van der Waals surface area contributed by atoms with Crippen molar-refractivity contribution in [3.8, 4) is 0 Å². The molecule has 1 aromatic rings. The van der Waals surface area contributed by atoms with E-state index < -0.39 is 23.5 Å². The third-order valence-corrected chi connectivity index (χ3v) is 3.01. The van der Waals surface area contributed by atoms with Gasteiger partial charge in [-0.15, -0.1) is 0 Å². The van der Waals surface area contributed by atoms with Crippen LogP contribution in [-0.4, -0.2) is 17.0 Å². The lowest BCUT2D eigenvalue weighted by molar-refractivity contribution is -0.153. The van der Waals surface area contributed by atoms with Crippen LogP contribution in [0.15, 0.2) is 30.3 Å². The van der Waals surface area contributed by atoms with E-state index in [1.165, 1.54) is 0 Å². The standard InChI is InChI=1S/C12H12O4/c1-12(8-5-3-2-4-6-8)9(11(14)15)7-10(13)16-12/h2-6,9H,7H2,1H3,(H,14,15). The van der Waals surface area contributed by atoms with Crippen molar-refractivity contribution in [3.63, 3.8) is 0 Å². The monoisotopic (exact) mass is 220 g/mol. The lowest BCUT2D eigenvalue weighted by atomic mass is 9.83. The Kier molecular flexibility index (Phi) is 2.42. The first-order valence-electron chi connectivity index (χ1n) is 5.04. The average Bonchev–Trinajstić information content (AvgIpc) is 2.57. The molecule has 1 aromatic carbocycles. The quantitative estimate of drug-likeness (QED) is 0.768. The summed E-state index contributed by atoms with van der Waals surface area (Å²) in [5, 5.41) is 9.10. The summed E-state index contributed by atoms with van der Waals surface area (Å²) in [4.78, 5) is 22.4. The van der Waals surface area contributed by atoms with Crippen LogP contribution in [0.3, 0.4) is 0 Å². The molecule has 84 valence electrons. The van der Waals surface area contributed by atoms with Gasteiger partial charge in [0.05, 0.1) is 6.42 Å². The van der Waals surface area contributed by atoms with Crippen LogP contribution in [0.25, 0.3) is 0 Å². The average molecular weight is 220 g/mol. The molecular formula is C12H12O4. The number of carboxylic acid groups (broad SMARTS) is 1. The smallest absolute Gasteiger partial charge is 0.311 e. The number of cyclic esters (lactones) is 1. The first kappa shape index (κ1) is 10.7. The van der Waals surface area contributed by atoms with Gasteiger partial charge in [0, 0.05) is 0 Å². The Hall–Kier alpha value is -1.84. The van der Waals surface area contributed by atoms with E-state index in [4.69, 9.17) is 9.84 Å². The van der Waals surface area contributed by atoms with Crippen LogP contribution < -0.4 is 0 Å². The highest BCUT2D eigenvalue weighted by molar-refractivity contribution is 5.84. The predicted octanol–water partition coefficient (Wildman–Crippen LogP) is 1.55. The molecule has 1 heterocycles. The molecule has 1 aliphatic heterocycles. The zero-order chi connectivity index (χ0) is 11.8. The highest BCUT2D eigenvalue weighted by Crippen LogP contribution is 2.41. The maximum absolute atomic E-state index is 11.3. The first-order valence-corrected chi connectivity index (χ1v) is 5.04. The number of hydrogen-bond acceptors (Lipinski definition) is 3. The molecule has 2 atom stereocenters. The summed E-state index contributed by atoms with van der Waals surface area (Å²) in [5.74, 6) is -2.28. The fourth-order valence-electron chi connectivity index (χ4n) is 2.06. The number of carbonyl (C=O) groups is 2. The molecular weight excluding hydrogens is 208 g/mol. The van der Waals surface area contributed by atoms with E-state index in [9.17, 15) is 9.59 Å². The van der Waals surface area contributed by atoms with E-state index in [1.54, 1.807) is 31.2 Å². The molecule has 0 bridgehead atoms. The number of ether oxygens (including phenoxy) is 1. The van der Waals surface area contributed by atoms with Crippen LogP contribution in [0.2, 0.25) is 0 Å². The van der Waals surface area contributed by atoms with Gasteiger partial charge < -0.3 is 9.84 Å². The van der Waals surface area contributed by atoms with Crippen molar-refractivity contribution in [2.24, 2.45) is 5.92 Å². The van der Waals surface area contributed by atoms with Gasteiger partial charge >= 0.3 is 11.9 Å². The van der Waals surface area contributed by atoms with Crippen LogP contribution in [0.4, 0.5) is 0 Å². The van der Waals surface area contributed by atoms with Gasteiger partial charge in [-0.3, -0.25) is 9.59 Å². The summed E-state index contributed by atoms with van der Waals surface area (Å²) >= 11 is 0. The van der Waals surface area contributed by atoms with Crippen LogP contribution >= 0.6 is 0 Å². The Bertz CT molecular complexity index is 426. The van der Waals surface area contributed by atoms with Gasteiger partial charge in [-0.1, -0.05) is 30.3 Å². The highest BCUT2D eigenvalue weighted by Gasteiger charge is 2.50. The number of benzene rings is 1. The molecule has 0 radical (unpaired) electrons. The minimum absolute atomic E-state index is 0.0687. The minimum Gasteiger partial charge on any atom is -0.481 e. The molecule has 1 saturated heterocycles. The van der Waals surface area contributed by atoms with Gasteiger partial charge in [0.2, 0.25) is 0 Å². The number of aliphatic carboxylic acids is 1. The molecule has 4 nitrogen and oxygen atoms in total. The van der Waals surface area contributed by atoms with E-state index in [0.717, 1.165) is 0 Å². The second-order valence-electron chi connectivity index (χ2n) is 4.04. The maximum atomic E-state index is 11.3. The molecule has 1 aliphatic rings. The molecule has 2 rings (SSSR count). The molecule has 0 spiro atoms. The Morgan fingerprint density at radius 3 is 2.62 bits per heavy atom. The van der Waals surface area contributed by atoms with Crippen molar-refractivity contribution in [2.75, 3.05) is 0 Å². The summed E-state index contributed by atoms with van der Waals surface area (Å²) < 4.78 is 5.19. The van der Waals surface area contributed by atoms with Crippen molar-refractivity contribution in [1.29, 1.82) is 0 Å². The number of carboxylic acids is 1. The zero-order valence-corrected chi connectivity index (χ0v) is 8.84. The molecule has 0 aromatic heterocycles. The second-order valence-corrected chi connectivity index (χ2v) is 4.04. The Morgan fingerprint density at radius 2 is 2.06 bits per heavy atom. The summed E-state index contributed by atoms with van der Waals surface area (Å²) in [5.41, 5.74) is -0.335. The highest BCUT2D eigenvalue weighted by atomic mass is 16.6. The van der Waals surface area contributed by atoms with Crippen molar-refractivity contribution in [1.82, 2.24) is 0 Å². The Balaban J connectivity index is 2.43. The van der Waals surface area contributed by atoms with Crippen molar-refractivity contribution < 1.29 is 19.4 Å². The van der Waals surface area contributed by atoms with Gasteiger partial charge in [0.15, 0.2) is 0 Å². The Morgan fingerprint density at radius 1 is 1.44 bits per heavy atom. The molecule has 0 aliphatic carbocycles. The van der Waals surface area contributed by atoms with Gasteiger partial charge in [-0.25, -0.2) is 0 Å². The molecule has 16 heavy (non-hydrogen) atoms. The number of hydrogen-bond donors (Lipinski definition) is 1. The van der Waals surface area contributed by atoms with Crippen molar-refractivity contribution >= 4 is 11.9 Å². The number of esters is 1. The van der Waals surface area contributed by atoms with E-state index in [-0.39, 0.29) is 6.42 Å². The molecule has 1 N–H and O–H groups in total. The van der Waals surface area contributed by atoms with Crippen LogP contribution in [-0.2, 0) is 19.9 Å². The molecule has 0 saturated carbocycles. The normalized spacial score (nSPS) is 28.8. The van der Waals surface area contributed by atoms with Crippen LogP contribution in [0, 0.1) is 5.92 Å². The van der Waals surface area contributed by atoms with Gasteiger partial charge in [0.1, 0.15) is 11.5 Å². The molecule has 4 heteroatoms. The topological polar surface area (TPSA) is 63.6 Å². The third kappa shape index (κ3) is 1.56. The SMILES string of the molecule is CC1(c2ccccc2)OC(=O)CC1C(=O)O. The van der Waals surface area contributed by atoms with E-state index in [1.807, 2.05) is 6.07 Å². The largest absolute Gasteiger partial charge is 0.481 e.